The predicted molar refractivity (Wildman–Crippen MR) is 73.9 cm³/mol. The van der Waals surface area contributed by atoms with Crippen molar-refractivity contribution >= 4 is 27.3 Å². The van der Waals surface area contributed by atoms with E-state index in [4.69, 9.17) is 5.73 Å². The van der Waals surface area contributed by atoms with Gasteiger partial charge in [-0.2, -0.15) is 0 Å². The summed E-state index contributed by atoms with van der Waals surface area (Å²) in [6.07, 6.45) is 1.04. The van der Waals surface area contributed by atoms with Crippen molar-refractivity contribution in [3.05, 3.63) is 56.2 Å². The average molecular weight is 296 g/mol. The maximum absolute atomic E-state index is 6.28. The maximum Gasteiger partial charge on any atom is 0.0648 e. The van der Waals surface area contributed by atoms with Gasteiger partial charge in [-0.15, -0.1) is 11.3 Å². The molecule has 16 heavy (non-hydrogen) atoms. The molecule has 0 aliphatic carbocycles. The lowest BCUT2D eigenvalue weighted by molar-refractivity contribution is 0.874. The van der Waals surface area contributed by atoms with E-state index in [9.17, 15) is 0 Å². The normalized spacial score (nSPS) is 12.7. The third-order valence-corrected chi connectivity index (χ3v) is 4.24. The summed E-state index contributed by atoms with van der Waals surface area (Å²) in [5.41, 5.74) is 8.81. The minimum atomic E-state index is 0.00282. The molecule has 1 unspecified atom stereocenters. The van der Waals surface area contributed by atoms with Crippen LogP contribution in [0.1, 0.15) is 29.0 Å². The van der Waals surface area contributed by atoms with Crippen LogP contribution in [0.4, 0.5) is 0 Å². The highest BCUT2D eigenvalue weighted by molar-refractivity contribution is 9.10. The van der Waals surface area contributed by atoms with E-state index in [2.05, 4.69) is 46.4 Å². The van der Waals surface area contributed by atoms with Crippen LogP contribution in [0.2, 0.25) is 0 Å². The van der Waals surface area contributed by atoms with Crippen molar-refractivity contribution in [3.63, 3.8) is 0 Å². The monoisotopic (exact) mass is 295 g/mol. The molecule has 0 fully saturated rings. The van der Waals surface area contributed by atoms with Crippen LogP contribution in [0, 0.1) is 0 Å². The number of thiophene rings is 1. The van der Waals surface area contributed by atoms with Gasteiger partial charge in [0.1, 0.15) is 0 Å². The molecule has 2 rings (SSSR count). The Labute approximate surface area is 108 Å². The molecule has 0 radical (unpaired) electrons. The molecule has 1 heterocycles. The molecule has 1 nitrogen and oxygen atoms in total. The van der Waals surface area contributed by atoms with Gasteiger partial charge in [-0.25, -0.2) is 0 Å². The Hall–Kier alpha value is -0.640. The van der Waals surface area contributed by atoms with E-state index in [1.54, 1.807) is 11.3 Å². The molecule has 1 atom stereocenters. The number of rotatable bonds is 3. The second-order valence-corrected chi connectivity index (χ2v) is 5.56. The Bertz CT molecular complexity index is 461. The van der Waals surface area contributed by atoms with Gasteiger partial charge in [0.25, 0.3) is 0 Å². The second-order valence-electron chi connectivity index (χ2n) is 3.69. The van der Waals surface area contributed by atoms with Crippen LogP contribution in [0.15, 0.2) is 40.2 Å². The van der Waals surface area contributed by atoms with Crippen molar-refractivity contribution in [2.75, 3.05) is 0 Å². The highest BCUT2D eigenvalue weighted by Crippen LogP contribution is 2.28. The Morgan fingerprint density at radius 3 is 2.56 bits per heavy atom. The van der Waals surface area contributed by atoms with E-state index in [1.807, 2.05) is 12.1 Å². The van der Waals surface area contributed by atoms with Gasteiger partial charge in [0.15, 0.2) is 0 Å². The number of aryl methyl sites for hydroxylation is 1. The fraction of sp³-hybridized carbons (Fsp3) is 0.231. The Morgan fingerprint density at radius 2 is 1.94 bits per heavy atom. The van der Waals surface area contributed by atoms with E-state index in [-0.39, 0.29) is 6.04 Å². The lowest BCUT2D eigenvalue weighted by Gasteiger charge is -2.12. The van der Waals surface area contributed by atoms with Crippen molar-refractivity contribution in [3.8, 4) is 0 Å². The zero-order chi connectivity index (χ0) is 11.5. The fourth-order valence-electron chi connectivity index (χ4n) is 1.73. The summed E-state index contributed by atoms with van der Waals surface area (Å²) >= 11 is 5.18. The third-order valence-electron chi connectivity index (χ3n) is 2.67. The van der Waals surface area contributed by atoms with Gasteiger partial charge in [-0.05, 0) is 41.1 Å². The van der Waals surface area contributed by atoms with Crippen molar-refractivity contribution in [1.82, 2.24) is 0 Å². The van der Waals surface area contributed by atoms with Gasteiger partial charge in [-0.3, -0.25) is 0 Å². The van der Waals surface area contributed by atoms with Crippen molar-refractivity contribution < 1.29 is 0 Å². The zero-order valence-corrected chi connectivity index (χ0v) is 11.5. The minimum absolute atomic E-state index is 0.00282. The van der Waals surface area contributed by atoms with Gasteiger partial charge in [-0.1, -0.05) is 35.0 Å². The van der Waals surface area contributed by atoms with Crippen LogP contribution in [-0.4, -0.2) is 0 Å². The van der Waals surface area contributed by atoms with Crippen molar-refractivity contribution in [1.29, 1.82) is 0 Å². The van der Waals surface area contributed by atoms with E-state index in [0.717, 1.165) is 10.9 Å². The minimum Gasteiger partial charge on any atom is -0.320 e. The van der Waals surface area contributed by atoms with Crippen molar-refractivity contribution in [2.45, 2.75) is 19.4 Å². The maximum atomic E-state index is 6.28. The standard InChI is InChI=1S/C13H14BrNS/c1-2-9-7-8-16-13(9)12(15)10-3-5-11(14)6-4-10/h3-8,12H,2,15H2,1H3. The summed E-state index contributed by atoms with van der Waals surface area (Å²) in [7, 11) is 0. The molecular formula is C13H14BrNS. The van der Waals surface area contributed by atoms with E-state index < -0.39 is 0 Å². The number of hydrogen-bond acceptors (Lipinski definition) is 2. The Morgan fingerprint density at radius 1 is 1.25 bits per heavy atom. The largest absolute Gasteiger partial charge is 0.320 e. The molecule has 3 heteroatoms. The molecule has 0 bridgehead atoms. The Kier molecular flexibility index (Phi) is 3.79. The molecule has 0 saturated carbocycles. The van der Waals surface area contributed by atoms with E-state index >= 15 is 0 Å². The first-order valence-electron chi connectivity index (χ1n) is 5.29. The lowest BCUT2D eigenvalue weighted by atomic mass is 10.0. The number of halogens is 1. The topological polar surface area (TPSA) is 26.0 Å². The molecule has 0 aliphatic heterocycles. The highest BCUT2D eigenvalue weighted by atomic mass is 79.9. The summed E-state index contributed by atoms with van der Waals surface area (Å²) in [5, 5.41) is 2.12. The van der Waals surface area contributed by atoms with Crippen LogP contribution >= 0.6 is 27.3 Å². The van der Waals surface area contributed by atoms with Gasteiger partial charge in [0.2, 0.25) is 0 Å². The second kappa shape index (κ2) is 5.13. The van der Waals surface area contributed by atoms with Crippen LogP contribution in [-0.2, 0) is 6.42 Å². The molecule has 2 aromatic rings. The molecule has 1 aromatic heterocycles. The molecule has 0 saturated heterocycles. The summed E-state index contributed by atoms with van der Waals surface area (Å²) in [6.45, 7) is 2.17. The quantitative estimate of drug-likeness (QED) is 0.906. The first kappa shape index (κ1) is 11.8. The molecule has 0 spiro atoms. The van der Waals surface area contributed by atoms with Crippen LogP contribution in [0.5, 0.6) is 0 Å². The smallest absolute Gasteiger partial charge is 0.0648 e. The van der Waals surface area contributed by atoms with Gasteiger partial charge < -0.3 is 5.73 Å². The molecule has 1 aromatic carbocycles. The summed E-state index contributed by atoms with van der Waals surface area (Å²) in [6, 6.07) is 10.4. The molecule has 0 aliphatic rings. The number of nitrogens with two attached hydrogens (primary N) is 1. The highest BCUT2D eigenvalue weighted by Gasteiger charge is 2.13. The number of hydrogen-bond donors (Lipinski definition) is 1. The molecule has 2 N–H and O–H groups in total. The number of benzene rings is 1. The van der Waals surface area contributed by atoms with E-state index in [1.165, 1.54) is 16.0 Å². The molecule has 0 amide bonds. The summed E-state index contributed by atoms with van der Waals surface area (Å²) < 4.78 is 1.09. The van der Waals surface area contributed by atoms with Gasteiger partial charge in [0, 0.05) is 9.35 Å². The lowest BCUT2D eigenvalue weighted by Crippen LogP contribution is -2.11. The predicted octanol–water partition coefficient (Wildman–Crippen LogP) is 4.12. The summed E-state index contributed by atoms with van der Waals surface area (Å²) in [4.78, 5) is 1.28. The third kappa shape index (κ3) is 2.37. The van der Waals surface area contributed by atoms with Crippen LogP contribution < -0.4 is 5.73 Å². The molecular weight excluding hydrogens is 282 g/mol. The fourth-order valence-corrected chi connectivity index (χ4v) is 3.02. The zero-order valence-electron chi connectivity index (χ0n) is 9.11. The van der Waals surface area contributed by atoms with Gasteiger partial charge in [0.05, 0.1) is 6.04 Å². The first-order valence-corrected chi connectivity index (χ1v) is 6.97. The van der Waals surface area contributed by atoms with Crippen LogP contribution in [0.25, 0.3) is 0 Å². The SMILES string of the molecule is CCc1ccsc1C(N)c1ccc(Br)cc1. The van der Waals surface area contributed by atoms with Crippen LogP contribution in [0.3, 0.4) is 0 Å². The average Bonchev–Trinajstić information content (AvgIpc) is 2.77. The molecule has 84 valence electrons. The van der Waals surface area contributed by atoms with Gasteiger partial charge >= 0.3 is 0 Å². The van der Waals surface area contributed by atoms with E-state index in [0.29, 0.717) is 0 Å². The summed E-state index contributed by atoms with van der Waals surface area (Å²) in [5.74, 6) is 0. The van der Waals surface area contributed by atoms with Crippen molar-refractivity contribution in [2.24, 2.45) is 5.73 Å². The first-order chi connectivity index (χ1) is 7.72. The Balaban J connectivity index is 2.31.